The van der Waals surface area contributed by atoms with Crippen molar-refractivity contribution in [1.29, 1.82) is 0 Å². The molecule has 0 bridgehead atoms. The van der Waals surface area contributed by atoms with E-state index in [1.54, 1.807) is 11.0 Å². The molecule has 2 aromatic rings. The molecule has 1 aliphatic rings. The molecule has 0 amide bonds. The number of fused-ring (bicyclic) bond motifs is 1. The van der Waals surface area contributed by atoms with Crippen molar-refractivity contribution in [2.75, 3.05) is 11.4 Å². The minimum atomic E-state index is -0.845. The van der Waals surface area contributed by atoms with Gasteiger partial charge >= 0.3 is 5.69 Å². The van der Waals surface area contributed by atoms with Gasteiger partial charge in [-0.2, -0.15) is 4.39 Å². The third kappa shape index (κ3) is 2.44. The minimum absolute atomic E-state index is 0.259. The van der Waals surface area contributed by atoms with Crippen LogP contribution in [0.25, 0.3) is 0 Å². The number of benzene rings is 2. The lowest BCUT2D eigenvalue weighted by Gasteiger charge is -2.30. The molecule has 6 heteroatoms. The SMILES string of the molecule is O=[N+]([O-])c1c(F)cccc1N1CCc2cc(F)ccc2C1. The van der Waals surface area contributed by atoms with Crippen molar-refractivity contribution in [3.05, 3.63) is 69.3 Å². The summed E-state index contributed by atoms with van der Waals surface area (Å²) in [5.74, 6) is -1.14. The maximum Gasteiger partial charge on any atom is 0.327 e. The van der Waals surface area contributed by atoms with E-state index in [1.165, 1.54) is 24.3 Å². The lowest BCUT2D eigenvalue weighted by atomic mass is 9.99. The first-order valence-corrected chi connectivity index (χ1v) is 6.51. The first kappa shape index (κ1) is 13.5. The summed E-state index contributed by atoms with van der Waals surface area (Å²) in [5.41, 5.74) is 1.55. The second-order valence-corrected chi connectivity index (χ2v) is 4.95. The average Bonchev–Trinajstić information content (AvgIpc) is 2.46. The highest BCUT2D eigenvalue weighted by Crippen LogP contribution is 2.34. The van der Waals surface area contributed by atoms with Gasteiger partial charge in [-0.25, -0.2) is 4.39 Å². The van der Waals surface area contributed by atoms with Gasteiger partial charge < -0.3 is 4.90 Å². The molecule has 21 heavy (non-hydrogen) atoms. The Balaban J connectivity index is 1.99. The minimum Gasteiger partial charge on any atom is -0.361 e. The molecule has 0 unspecified atom stereocenters. The molecule has 0 N–H and O–H groups in total. The zero-order valence-corrected chi connectivity index (χ0v) is 11.1. The van der Waals surface area contributed by atoms with Crippen molar-refractivity contribution in [1.82, 2.24) is 0 Å². The molecule has 0 spiro atoms. The molecular formula is C15H12F2N2O2. The molecule has 0 atom stereocenters. The van der Waals surface area contributed by atoms with Crippen LogP contribution in [0.5, 0.6) is 0 Å². The van der Waals surface area contributed by atoms with Gasteiger partial charge in [0.05, 0.1) is 4.92 Å². The predicted octanol–water partition coefficient (Wildman–Crippen LogP) is 3.44. The summed E-state index contributed by atoms with van der Waals surface area (Å²) >= 11 is 0. The van der Waals surface area contributed by atoms with Gasteiger partial charge in [0.15, 0.2) is 0 Å². The highest BCUT2D eigenvalue weighted by Gasteiger charge is 2.26. The lowest BCUT2D eigenvalue weighted by Crippen LogP contribution is -2.31. The standard InChI is InChI=1S/C15H12F2N2O2/c16-12-5-4-11-9-18(7-6-10(11)8-12)14-3-1-2-13(17)15(14)19(20)21/h1-5,8H,6-7,9H2. The summed E-state index contributed by atoms with van der Waals surface area (Å²) in [7, 11) is 0. The van der Waals surface area contributed by atoms with E-state index in [-0.39, 0.29) is 11.5 Å². The van der Waals surface area contributed by atoms with Crippen LogP contribution < -0.4 is 4.90 Å². The Kier molecular flexibility index (Phi) is 3.29. The number of halogens is 2. The van der Waals surface area contributed by atoms with Crippen molar-refractivity contribution in [3.63, 3.8) is 0 Å². The van der Waals surface area contributed by atoms with Gasteiger partial charge in [0.2, 0.25) is 5.82 Å². The quantitative estimate of drug-likeness (QED) is 0.628. The van der Waals surface area contributed by atoms with Crippen molar-refractivity contribution in [3.8, 4) is 0 Å². The molecule has 0 saturated carbocycles. The zero-order valence-electron chi connectivity index (χ0n) is 11.1. The summed E-state index contributed by atoms with van der Waals surface area (Å²) in [6.07, 6.45) is 0.570. The Labute approximate surface area is 119 Å². The fraction of sp³-hybridized carbons (Fsp3) is 0.200. The maximum absolute atomic E-state index is 13.7. The van der Waals surface area contributed by atoms with Gasteiger partial charge in [0.1, 0.15) is 11.5 Å². The van der Waals surface area contributed by atoms with E-state index in [9.17, 15) is 18.9 Å². The van der Waals surface area contributed by atoms with Crippen LogP contribution in [0.4, 0.5) is 20.2 Å². The molecule has 108 valence electrons. The predicted molar refractivity (Wildman–Crippen MR) is 74.2 cm³/mol. The normalized spacial score (nSPS) is 13.9. The number of hydrogen-bond acceptors (Lipinski definition) is 3. The van der Waals surface area contributed by atoms with E-state index >= 15 is 0 Å². The molecule has 0 saturated heterocycles. The molecule has 0 radical (unpaired) electrons. The summed E-state index contributed by atoms with van der Waals surface area (Å²) in [4.78, 5) is 12.1. The molecule has 4 nitrogen and oxygen atoms in total. The summed E-state index contributed by atoms with van der Waals surface area (Å²) < 4.78 is 26.9. The second-order valence-electron chi connectivity index (χ2n) is 4.95. The van der Waals surface area contributed by atoms with E-state index in [4.69, 9.17) is 0 Å². The smallest absolute Gasteiger partial charge is 0.327 e. The highest BCUT2D eigenvalue weighted by atomic mass is 19.1. The Bertz CT molecular complexity index is 719. The summed E-state index contributed by atoms with van der Waals surface area (Å²) in [6, 6.07) is 8.58. The number of rotatable bonds is 2. The summed E-state index contributed by atoms with van der Waals surface area (Å²) in [6.45, 7) is 0.890. The van der Waals surface area contributed by atoms with Gasteiger partial charge in [0.25, 0.3) is 0 Å². The van der Waals surface area contributed by atoms with E-state index in [1.807, 2.05) is 0 Å². The van der Waals surface area contributed by atoms with Gasteiger partial charge in [0, 0.05) is 13.1 Å². The number of nitro groups is 1. The van der Waals surface area contributed by atoms with Gasteiger partial charge in [-0.3, -0.25) is 10.1 Å². The van der Waals surface area contributed by atoms with E-state index in [2.05, 4.69) is 0 Å². The fourth-order valence-electron chi connectivity index (χ4n) is 2.67. The molecule has 3 rings (SSSR count). The van der Waals surface area contributed by atoms with Crippen LogP contribution in [-0.2, 0) is 13.0 Å². The van der Waals surface area contributed by atoms with Crippen molar-refractivity contribution < 1.29 is 13.7 Å². The summed E-state index contributed by atoms with van der Waals surface area (Å²) in [5, 5.41) is 11.1. The Hall–Kier alpha value is -2.50. The zero-order chi connectivity index (χ0) is 15.0. The second kappa shape index (κ2) is 5.12. The third-order valence-corrected chi connectivity index (χ3v) is 3.67. The lowest BCUT2D eigenvalue weighted by molar-refractivity contribution is -0.386. The number of nitrogens with zero attached hydrogens (tertiary/aromatic N) is 2. The van der Waals surface area contributed by atoms with Crippen molar-refractivity contribution in [2.24, 2.45) is 0 Å². The van der Waals surface area contributed by atoms with Crippen LogP contribution in [0, 0.1) is 21.7 Å². The van der Waals surface area contributed by atoms with Crippen LogP contribution in [0.15, 0.2) is 36.4 Å². The number of nitro benzene ring substituents is 1. The molecular weight excluding hydrogens is 278 g/mol. The number of para-hydroxylation sites is 1. The first-order chi connectivity index (χ1) is 10.1. The maximum atomic E-state index is 13.7. The Morgan fingerprint density at radius 3 is 2.71 bits per heavy atom. The molecule has 0 fully saturated rings. The number of anilines is 1. The molecule has 1 aliphatic heterocycles. The average molecular weight is 290 g/mol. The van der Waals surface area contributed by atoms with Gasteiger partial charge in [-0.1, -0.05) is 12.1 Å². The van der Waals surface area contributed by atoms with Gasteiger partial charge in [-0.15, -0.1) is 0 Å². The van der Waals surface area contributed by atoms with Gasteiger partial charge in [-0.05, 0) is 41.8 Å². The van der Waals surface area contributed by atoms with Crippen LogP contribution in [0.2, 0.25) is 0 Å². The van der Waals surface area contributed by atoms with E-state index in [0.717, 1.165) is 17.2 Å². The fourth-order valence-corrected chi connectivity index (χ4v) is 2.67. The monoisotopic (exact) mass is 290 g/mol. The highest BCUT2D eigenvalue weighted by molar-refractivity contribution is 5.64. The largest absolute Gasteiger partial charge is 0.361 e. The molecule has 0 aromatic heterocycles. The topological polar surface area (TPSA) is 46.4 Å². The van der Waals surface area contributed by atoms with Crippen LogP contribution >= 0.6 is 0 Å². The molecule has 0 aliphatic carbocycles. The van der Waals surface area contributed by atoms with Crippen LogP contribution in [-0.4, -0.2) is 11.5 Å². The first-order valence-electron chi connectivity index (χ1n) is 6.51. The van der Waals surface area contributed by atoms with Crippen molar-refractivity contribution in [2.45, 2.75) is 13.0 Å². The third-order valence-electron chi connectivity index (χ3n) is 3.67. The van der Waals surface area contributed by atoms with E-state index in [0.29, 0.717) is 19.5 Å². The van der Waals surface area contributed by atoms with E-state index < -0.39 is 16.4 Å². The Morgan fingerprint density at radius 1 is 1.14 bits per heavy atom. The number of hydrogen-bond donors (Lipinski definition) is 0. The van der Waals surface area contributed by atoms with Crippen LogP contribution in [0.3, 0.4) is 0 Å². The molecule has 1 heterocycles. The molecule has 2 aromatic carbocycles. The van der Waals surface area contributed by atoms with Crippen molar-refractivity contribution >= 4 is 11.4 Å². The van der Waals surface area contributed by atoms with Crippen LogP contribution in [0.1, 0.15) is 11.1 Å². The Morgan fingerprint density at radius 2 is 1.95 bits per heavy atom.